The molecule has 1 aromatic heterocycles. The molecule has 18 heavy (non-hydrogen) atoms. The van der Waals surface area contributed by atoms with Gasteiger partial charge in [-0.3, -0.25) is 0 Å². The van der Waals surface area contributed by atoms with Crippen LogP contribution >= 0.6 is 11.6 Å². The minimum atomic E-state index is -1.82. The Hall–Kier alpha value is -2.34. The summed E-state index contributed by atoms with van der Waals surface area (Å²) < 4.78 is 0. The molecule has 0 aliphatic carbocycles. The lowest BCUT2D eigenvalue weighted by molar-refractivity contribution is -0.159. The van der Waals surface area contributed by atoms with Gasteiger partial charge in [-0.25, -0.2) is 14.6 Å². The van der Waals surface area contributed by atoms with E-state index in [0.29, 0.717) is 5.02 Å². The number of hydrogen-bond acceptors (Lipinski definition) is 3. The number of carboxylic acids is 2. The van der Waals surface area contributed by atoms with Crippen LogP contribution in [0.1, 0.15) is 0 Å². The predicted octanol–water partition coefficient (Wildman–Crippen LogP) is 1.89. The number of H-pyrrole nitrogens is 1. The molecular weight excluding hydrogens is 260 g/mol. The molecule has 0 aliphatic heterocycles. The zero-order valence-electron chi connectivity index (χ0n) is 9.00. The number of carbonyl (C=O) groups is 2. The second-order valence-corrected chi connectivity index (χ2v) is 3.44. The fraction of sp³-hybridized carbons (Fsp3) is 0. The van der Waals surface area contributed by atoms with Gasteiger partial charge in [0.15, 0.2) is 0 Å². The van der Waals surface area contributed by atoms with Gasteiger partial charge >= 0.3 is 11.9 Å². The maximum Gasteiger partial charge on any atom is 0.414 e. The van der Waals surface area contributed by atoms with E-state index in [9.17, 15) is 0 Å². The first-order chi connectivity index (χ1) is 8.52. The summed E-state index contributed by atoms with van der Waals surface area (Å²) in [5.74, 6) is -2.84. The summed E-state index contributed by atoms with van der Waals surface area (Å²) in [5, 5.41) is 15.5. The molecule has 0 unspecified atom stereocenters. The van der Waals surface area contributed by atoms with Crippen molar-refractivity contribution in [3.05, 3.63) is 41.7 Å². The van der Waals surface area contributed by atoms with Crippen LogP contribution in [-0.2, 0) is 9.59 Å². The van der Waals surface area contributed by atoms with Crippen molar-refractivity contribution < 1.29 is 19.8 Å². The largest absolute Gasteiger partial charge is 0.473 e. The number of rotatable bonds is 1. The molecule has 0 bridgehead atoms. The molecule has 2 rings (SSSR count). The predicted molar refractivity (Wildman–Crippen MR) is 64.3 cm³/mol. The molecule has 0 atom stereocenters. The van der Waals surface area contributed by atoms with Gasteiger partial charge in [-0.1, -0.05) is 23.7 Å². The average molecular weight is 269 g/mol. The second kappa shape index (κ2) is 6.41. The number of imidazole rings is 1. The average Bonchev–Trinajstić information content (AvgIpc) is 2.83. The summed E-state index contributed by atoms with van der Waals surface area (Å²) in [4.78, 5) is 25.3. The molecule has 94 valence electrons. The lowest BCUT2D eigenvalue weighted by Crippen LogP contribution is -2.09. The number of aromatic nitrogens is 2. The first-order valence-electron chi connectivity index (χ1n) is 4.73. The molecule has 7 heteroatoms. The maximum absolute atomic E-state index is 9.10. The third-order valence-corrected chi connectivity index (χ3v) is 2.14. The lowest BCUT2D eigenvalue weighted by atomic mass is 10.2. The molecule has 1 heterocycles. The van der Waals surface area contributed by atoms with Gasteiger partial charge in [0.1, 0.15) is 5.82 Å². The van der Waals surface area contributed by atoms with E-state index in [1.54, 1.807) is 12.4 Å². The summed E-state index contributed by atoms with van der Waals surface area (Å²) in [6, 6.07) is 7.61. The van der Waals surface area contributed by atoms with Crippen molar-refractivity contribution in [1.29, 1.82) is 0 Å². The molecule has 3 N–H and O–H groups in total. The standard InChI is InChI=1S/C9H7ClN2.C2H2O4/c10-8-4-2-1-3-7(8)9-11-5-6-12-9;3-1(4)2(5)6/h1-6H,(H,11,12);(H,3,4)(H,5,6). The number of aliphatic carboxylic acids is 2. The zero-order chi connectivity index (χ0) is 13.5. The highest BCUT2D eigenvalue weighted by molar-refractivity contribution is 6.33. The highest BCUT2D eigenvalue weighted by Crippen LogP contribution is 2.23. The topological polar surface area (TPSA) is 103 Å². The number of nitrogens with one attached hydrogen (secondary N) is 1. The maximum atomic E-state index is 9.10. The van der Waals surface area contributed by atoms with Crippen LogP contribution in [0.5, 0.6) is 0 Å². The van der Waals surface area contributed by atoms with Gasteiger partial charge in [0.05, 0.1) is 5.02 Å². The first-order valence-corrected chi connectivity index (χ1v) is 5.10. The number of hydrogen-bond donors (Lipinski definition) is 3. The van der Waals surface area contributed by atoms with Crippen LogP contribution in [-0.4, -0.2) is 32.1 Å². The molecule has 0 amide bonds. The quantitative estimate of drug-likeness (QED) is 0.685. The molecule has 6 nitrogen and oxygen atoms in total. The number of halogens is 1. The van der Waals surface area contributed by atoms with Crippen LogP contribution < -0.4 is 0 Å². The summed E-state index contributed by atoms with van der Waals surface area (Å²) >= 11 is 5.96. The van der Waals surface area contributed by atoms with Crippen molar-refractivity contribution in [2.24, 2.45) is 0 Å². The first kappa shape index (κ1) is 13.7. The molecule has 0 fully saturated rings. The van der Waals surface area contributed by atoms with Crippen molar-refractivity contribution in [2.75, 3.05) is 0 Å². The molecule has 1 aromatic carbocycles. The van der Waals surface area contributed by atoms with Crippen LogP contribution in [0.4, 0.5) is 0 Å². The minimum Gasteiger partial charge on any atom is -0.473 e. The highest BCUT2D eigenvalue weighted by atomic mass is 35.5. The Balaban J connectivity index is 0.000000232. The van der Waals surface area contributed by atoms with E-state index >= 15 is 0 Å². The van der Waals surface area contributed by atoms with Crippen LogP contribution in [0.25, 0.3) is 11.4 Å². The molecule has 0 saturated heterocycles. The molecule has 0 spiro atoms. The van der Waals surface area contributed by atoms with Crippen LogP contribution in [0.3, 0.4) is 0 Å². The number of carboxylic acid groups (broad SMARTS) is 2. The highest BCUT2D eigenvalue weighted by Gasteiger charge is 2.04. The summed E-state index contributed by atoms with van der Waals surface area (Å²) in [6.45, 7) is 0. The minimum absolute atomic E-state index is 0.715. The van der Waals surface area contributed by atoms with Crippen molar-refractivity contribution in [1.82, 2.24) is 9.97 Å². The number of benzene rings is 1. The number of aromatic amines is 1. The Morgan fingerprint density at radius 2 is 1.78 bits per heavy atom. The SMILES string of the molecule is Clc1ccccc1-c1ncc[nH]1.O=C(O)C(=O)O. The molecule has 0 radical (unpaired) electrons. The Kier molecular flexibility index (Phi) is 4.89. The van der Waals surface area contributed by atoms with E-state index in [1.807, 2.05) is 24.3 Å². The van der Waals surface area contributed by atoms with Gasteiger partial charge in [0.2, 0.25) is 0 Å². The van der Waals surface area contributed by atoms with E-state index in [-0.39, 0.29) is 0 Å². The van der Waals surface area contributed by atoms with Crippen molar-refractivity contribution in [3.8, 4) is 11.4 Å². The van der Waals surface area contributed by atoms with Gasteiger partial charge in [-0.05, 0) is 12.1 Å². The molecule has 2 aromatic rings. The Labute approximate surface area is 107 Å². The smallest absolute Gasteiger partial charge is 0.414 e. The van der Waals surface area contributed by atoms with E-state index < -0.39 is 11.9 Å². The van der Waals surface area contributed by atoms with Crippen molar-refractivity contribution in [2.45, 2.75) is 0 Å². The van der Waals surface area contributed by atoms with Crippen LogP contribution in [0, 0.1) is 0 Å². The monoisotopic (exact) mass is 268 g/mol. The lowest BCUT2D eigenvalue weighted by Gasteiger charge is -1.97. The Morgan fingerprint density at radius 1 is 1.17 bits per heavy atom. The van der Waals surface area contributed by atoms with Crippen LogP contribution in [0.15, 0.2) is 36.7 Å². The third-order valence-electron chi connectivity index (χ3n) is 1.81. The van der Waals surface area contributed by atoms with E-state index in [4.69, 9.17) is 31.4 Å². The van der Waals surface area contributed by atoms with Gasteiger partial charge in [-0.15, -0.1) is 0 Å². The van der Waals surface area contributed by atoms with Gasteiger partial charge < -0.3 is 15.2 Å². The summed E-state index contributed by atoms with van der Waals surface area (Å²) in [5.41, 5.74) is 0.934. The molecular formula is C11H9ClN2O4. The third kappa shape index (κ3) is 3.91. The fourth-order valence-corrected chi connectivity index (χ4v) is 1.29. The van der Waals surface area contributed by atoms with Gasteiger partial charge in [0.25, 0.3) is 0 Å². The number of nitrogens with zero attached hydrogens (tertiary/aromatic N) is 1. The summed E-state index contributed by atoms with van der Waals surface area (Å²) in [6.07, 6.45) is 3.48. The van der Waals surface area contributed by atoms with Gasteiger partial charge in [-0.2, -0.15) is 0 Å². The van der Waals surface area contributed by atoms with Crippen molar-refractivity contribution >= 4 is 23.5 Å². The van der Waals surface area contributed by atoms with Gasteiger partial charge in [0, 0.05) is 18.0 Å². The Morgan fingerprint density at radius 3 is 2.22 bits per heavy atom. The van der Waals surface area contributed by atoms with E-state index in [0.717, 1.165) is 11.4 Å². The normalized spacial score (nSPS) is 9.17. The second-order valence-electron chi connectivity index (χ2n) is 3.03. The van der Waals surface area contributed by atoms with Crippen molar-refractivity contribution in [3.63, 3.8) is 0 Å². The molecule has 0 saturated carbocycles. The van der Waals surface area contributed by atoms with Crippen LogP contribution in [0.2, 0.25) is 5.02 Å². The zero-order valence-corrected chi connectivity index (χ0v) is 9.76. The molecule has 0 aliphatic rings. The Bertz CT molecular complexity index is 528. The summed E-state index contributed by atoms with van der Waals surface area (Å²) in [7, 11) is 0. The van der Waals surface area contributed by atoms with E-state index in [1.165, 1.54) is 0 Å². The fourth-order valence-electron chi connectivity index (χ4n) is 1.07. The van der Waals surface area contributed by atoms with E-state index in [2.05, 4.69) is 9.97 Å².